The van der Waals surface area contributed by atoms with Crippen LogP contribution in [0.15, 0.2) is 11.6 Å². The summed E-state index contributed by atoms with van der Waals surface area (Å²) in [4.78, 5) is 12.2. The second kappa shape index (κ2) is 6.06. The van der Waals surface area contributed by atoms with Gasteiger partial charge in [-0.3, -0.25) is 4.79 Å². The summed E-state index contributed by atoms with van der Waals surface area (Å²) in [7, 11) is 0. The first-order valence-corrected chi connectivity index (χ1v) is 12.5. The van der Waals surface area contributed by atoms with Gasteiger partial charge in [0.15, 0.2) is 0 Å². The maximum absolute atomic E-state index is 12.2. The van der Waals surface area contributed by atoms with Crippen molar-refractivity contribution in [2.45, 2.75) is 69.3 Å². The van der Waals surface area contributed by atoms with Gasteiger partial charge in [-0.15, -0.1) is 23.5 Å². The van der Waals surface area contributed by atoms with E-state index in [1.807, 2.05) is 12.5 Å². The second-order valence-corrected chi connectivity index (χ2v) is 12.7. The lowest BCUT2D eigenvalue weighted by atomic mass is 9.51. The Labute approximate surface area is 161 Å². The Hall–Kier alpha value is 0.110. The zero-order valence-electron chi connectivity index (χ0n) is 15.8. The van der Waals surface area contributed by atoms with Gasteiger partial charge in [-0.1, -0.05) is 18.6 Å². The summed E-state index contributed by atoms with van der Waals surface area (Å²) in [5, 5.41) is 0. The Bertz CT molecular complexity index is 605. The van der Waals surface area contributed by atoms with Crippen LogP contribution in [0, 0.1) is 35.0 Å². The highest BCUT2D eigenvalue weighted by molar-refractivity contribution is 8.21. The van der Waals surface area contributed by atoms with Gasteiger partial charge >= 0.3 is 0 Å². The molecule has 1 nitrogen and oxygen atoms in total. The van der Waals surface area contributed by atoms with E-state index < -0.39 is 0 Å². The summed E-state index contributed by atoms with van der Waals surface area (Å²) in [6, 6.07) is 0. The average Bonchev–Trinajstić information content (AvgIpc) is 3.18. The highest BCUT2D eigenvalue weighted by Gasteiger charge is 2.57. The molecule has 0 N–H and O–H groups in total. The molecule has 138 valence electrons. The first-order valence-electron chi connectivity index (χ1n) is 10.5. The van der Waals surface area contributed by atoms with Crippen LogP contribution in [0.1, 0.15) is 65.2 Å². The number of fused-ring (bicyclic) bond motifs is 5. The highest BCUT2D eigenvalue weighted by atomic mass is 32.2. The molecule has 1 heterocycles. The van der Waals surface area contributed by atoms with Crippen molar-refractivity contribution in [3.05, 3.63) is 11.6 Å². The molecule has 0 amide bonds. The maximum Gasteiger partial charge on any atom is 0.133 e. The molecule has 1 saturated heterocycles. The van der Waals surface area contributed by atoms with Crippen molar-refractivity contribution in [1.29, 1.82) is 0 Å². The lowest BCUT2D eigenvalue weighted by Crippen LogP contribution is -2.47. The molecule has 4 aliphatic carbocycles. The normalized spacial score (nSPS) is 47.8. The SMILES string of the molecule is CC(=O)[C@H]1CC[C@H]2[C@@H]3CCC4=CC5(CC[C@H]4[C@@H]3CC[C@]12C)SCCS5. The van der Waals surface area contributed by atoms with E-state index in [1.165, 1.54) is 62.9 Å². The first kappa shape index (κ1) is 17.2. The van der Waals surface area contributed by atoms with E-state index in [0.717, 1.165) is 23.7 Å². The maximum atomic E-state index is 12.2. The first-order chi connectivity index (χ1) is 12.0. The van der Waals surface area contributed by atoms with E-state index in [-0.39, 0.29) is 0 Å². The van der Waals surface area contributed by atoms with Crippen molar-refractivity contribution >= 4 is 29.3 Å². The van der Waals surface area contributed by atoms with Gasteiger partial charge in [-0.05, 0) is 87.4 Å². The summed E-state index contributed by atoms with van der Waals surface area (Å²) in [5.41, 5.74) is 2.15. The summed E-state index contributed by atoms with van der Waals surface area (Å²) in [5.74, 6) is 7.06. The molecule has 4 fully saturated rings. The molecule has 0 bridgehead atoms. The Balaban J connectivity index is 1.40. The van der Waals surface area contributed by atoms with Gasteiger partial charge < -0.3 is 0 Å². The van der Waals surface area contributed by atoms with Crippen molar-refractivity contribution in [1.82, 2.24) is 0 Å². The third-order valence-electron chi connectivity index (χ3n) is 8.73. The molecule has 0 unspecified atom stereocenters. The van der Waals surface area contributed by atoms with Gasteiger partial charge in [0.1, 0.15) is 5.78 Å². The summed E-state index contributed by atoms with van der Waals surface area (Å²) in [6.45, 7) is 4.32. The number of ketones is 1. The fourth-order valence-corrected chi connectivity index (χ4v) is 10.9. The van der Waals surface area contributed by atoms with Crippen molar-refractivity contribution in [3.8, 4) is 0 Å². The Morgan fingerprint density at radius 1 is 1.04 bits per heavy atom. The summed E-state index contributed by atoms with van der Waals surface area (Å²) in [6.07, 6.45) is 13.5. The molecule has 5 aliphatic rings. The van der Waals surface area contributed by atoms with Crippen molar-refractivity contribution in [3.63, 3.8) is 0 Å². The van der Waals surface area contributed by atoms with E-state index in [1.54, 1.807) is 0 Å². The zero-order chi connectivity index (χ0) is 17.2. The molecule has 3 saturated carbocycles. The Morgan fingerprint density at radius 3 is 2.60 bits per heavy atom. The predicted molar refractivity (Wildman–Crippen MR) is 109 cm³/mol. The average molecular weight is 377 g/mol. The van der Waals surface area contributed by atoms with Crippen LogP contribution in [0.3, 0.4) is 0 Å². The number of carbonyl (C=O) groups excluding carboxylic acids is 1. The lowest BCUT2D eigenvalue weighted by molar-refractivity contribution is -0.126. The van der Waals surface area contributed by atoms with Crippen LogP contribution in [0.2, 0.25) is 0 Å². The molecular formula is C22H32OS2. The minimum Gasteiger partial charge on any atom is -0.300 e. The fourth-order valence-electron chi connectivity index (χ4n) is 7.68. The van der Waals surface area contributed by atoms with Gasteiger partial charge in [0, 0.05) is 17.4 Å². The molecule has 0 aromatic heterocycles. The molecule has 5 rings (SSSR count). The number of allylic oxidation sites excluding steroid dienone is 1. The molecule has 0 radical (unpaired) electrons. The largest absolute Gasteiger partial charge is 0.300 e. The quantitative estimate of drug-likeness (QED) is 0.527. The van der Waals surface area contributed by atoms with Crippen LogP contribution in [-0.2, 0) is 4.79 Å². The van der Waals surface area contributed by atoms with Crippen molar-refractivity contribution < 1.29 is 4.79 Å². The molecule has 25 heavy (non-hydrogen) atoms. The van der Waals surface area contributed by atoms with Gasteiger partial charge in [0.25, 0.3) is 0 Å². The van der Waals surface area contributed by atoms with Crippen LogP contribution >= 0.6 is 23.5 Å². The second-order valence-electron chi connectivity index (χ2n) is 9.63. The highest BCUT2D eigenvalue weighted by Crippen LogP contribution is 2.65. The fraction of sp³-hybridized carbons (Fsp3) is 0.864. The third-order valence-corrected chi connectivity index (χ3v) is 12.1. The van der Waals surface area contributed by atoms with Gasteiger partial charge in [-0.2, -0.15) is 0 Å². The third kappa shape index (κ3) is 2.54. The van der Waals surface area contributed by atoms with Crippen molar-refractivity contribution in [2.24, 2.45) is 35.0 Å². The monoisotopic (exact) mass is 376 g/mol. The van der Waals surface area contributed by atoms with E-state index in [2.05, 4.69) is 36.5 Å². The van der Waals surface area contributed by atoms with Gasteiger partial charge in [0.2, 0.25) is 0 Å². The topological polar surface area (TPSA) is 17.1 Å². The van der Waals surface area contributed by atoms with Crippen LogP contribution < -0.4 is 0 Å². The lowest BCUT2D eigenvalue weighted by Gasteiger charge is -2.54. The van der Waals surface area contributed by atoms with Crippen LogP contribution in [-0.4, -0.2) is 21.4 Å². The number of carbonyl (C=O) groups is 1. The van der Waals surface area contributed by atoms with E-state index >= 15 is 0 Å². The molecular weight excluding hydrogens is 344 g/mol. The number of hydrogen-bond acceptors (Lipinski definition) is 3. The number of Topliss-reactive ketones (excluding diaryl/α,β-unsaturated/α-hetero) is 1. The molecule has 1 spiro atoms. The molecule has 0 aromatic carbocycles. The van der Waals surface area contributed by atoms with Crippen LogP contribution in [0.25, 0.3) is 0 Å². The van der Waals surface area contributed by atoms with E-state index in [4.69, 9.17) is 0 Å². The molecule has 3 heteroatoms. The zero-order valence-corrected chi connectivity index (χ0v) is 17.4. The summed E-state index contributed by atoms with van der Waals surface area (Å²) < 4.78 is 0.453. The van der Waals surface area contributed by atoms with Crippen molar-refractivity contribution in [2.75, 3.05) is 11.5 Å². The molecule has 6 atom stereocenters. The molecule has 0 aromatic rings. The Kier molecular flexibility index (Phi) is 4.17. The molecule has 1 aliphatic heterocycles. The number of rotatable bonds is 1. The van der Waals surface area contributed by atoms with E-state index in [9.17, 15) is 4.79 Å². The standard InChI is InChI=1S/C22H32OS2/c1-14(23)19-5-6-20-18-4-3-15-13-22(24-11-12-25-22)10-8-16(15)17(18)7-9-21(19,20)2/h13,16-20H,3-12H2,1-2H3/t16-,17+,18-,19-,20+,21-/m1/s1. The minimum atomic E-state index is 0.321. The van der Waals surface area contributed by atoms with Crippen LogP contribution in [0.4, 0.5) is 0 Å². The minimum absolute atomic E-state index is 0.321. The van der Waals surface area contributed by atoms with Gasteiger partial charge in [-0.25, -0.2) is 0 Å². The summed E-state index contributed by atoms with van der Waals surface area (Å²) >= 11 is 4.44. The van der Waals surface area contributed by atoms with E-state index in [0.29, 0.717) is 21.2 Å². The van der Waals surface area contributed by atoms with Gasteiger partial charge in [0.05, 0.1) is 4.08 Å². The number of hydrogen-bond donors (Lipinski definition) is 0. The smallest absolute Gasteiger partial charge is 0.133 e. The Morgan fingerprint density at radius 2 is 1.84 bits per heavy atom. The predicted octanol–water partition coefficient (Wildman–Crippen LogP) is 5.94. The van der Waals surface area contributed by atoms with Crippen LogP contribution in [0.5, 0.6) is 0 Å². The number of thioether (sulfide) groups is 2.